The molecule has 2 aromatic rings. The van der Waals surface area contributed by atoms with Crippen LogP contribution in [-0.4, -0.2) is 88.3 Å². The minimum absolute atomic E-state index is 0.0775. The molecule has 9 heteroatoms. The van der Waals surface area contributed by atoms with Crippen molar-refractivity contribution in [3.05, 3.63) is 28.7 Å². The van der Waals surface area contributed by atoms with Gasteiger partial charge in [0.15, 0.2) is 0 Å². The Bertz CT molecular complexity index is 967. The van der Waals surface area contributed by atoms with Crippen molar-refractivity contribution in [1.82, 2.24) is 24.7 Å². The Morgan fingerprint density at radius 2 is 1.65 bits per heavy atom. The van der Waals surface area contributed by atoms with Gasteiger partial charge in [-0.05, 0) is 38.0 Å². The number of hydrogen-bond acceptors (Lipinski definition) is 5. The fraction of sp³-hybridized carbons (Fsp3) is 0.591. The van der Waals surface area contributed by atoms with Crippen LogP contribution in [0.4, 0.5) is 5.69 Å². The summed E-state index contributed by atoms with van der Waals surface area (Å²) in [6, 6.07) is 5.03. The van der Waals surface area contributed by atoms with E-state index in [1.165, 1.54) is 12.8 Å². The number of carbonyl (C=O) groups excluding carboxylic acids is 2. The van der Waals surface area contributed by atoms with Crippen LogP contribution in [0.2, 0.25) is 0 Å². The number of aromatic amines is 2. The summed E-state index contributed by atoms with van der Waals surface area (Å²) in [6.45, 7) is 7.24. The lowest BCUT2D eigenvalue weighted by molar-refractivity contribution is -0.133. The molecule has 2 aliphatic heterocycles. The van der Waals surface area contributed by atoms with Crippen LogP contribution in [0.25, 0.3) is 11.0 Å². The van der Waals surface area contributed by atoms with Crippen molar-refractivity contribution in [3.8, 4) is 0 Å². The van der Waals surface area contributed by atoms with Gasteiger partial charge in [-0.2, -0.15) is 0 Å². The minimum Gasteiger partial charge on any atom is -0.342 e. The lowest BCUT2D eigenvalue weighted by Gasteiger charge is -2.37. The number of hydrogen-bond donors (Lipinski definition) is 3. The topological polar surface area (TPSA) is 105 Å². The molecule has 2 saturated heterocycles. The van der Waals surface area contributed by atoms with Gasteiger partial charge in [-0.1, -0.05) is 12.8 Å². The lowest BCUT2D eigenvalue weighted by atomic mass is 10.2. The van der Waals surface area contributed by atoms with Gasteiger partial charge in [0.05, 0.1) is 23.6 Å². The van der Waals surface area contributed by atoms with Crippen molar-refractivity contribution in [1.29, 1.82) is 0 Å². The van der Waals surface area contributed by atoms with Gasteiger partial charge in [-0.15, -0.1) is 0 Å². The lowest BCUT2D eigenvalue weighted by Crippen LogP contribution is -2.54. The average molecular weight is 429 g/mol. The highest BCUT2D eigenvalue weighted by atomic mass is 16.2. The molecule has 0 aliphatic carbocycles. The molecule has 3 N–H and O–H groups in total. The third-order valence-electron chi connectivity index (χ3n) is 6.44. The molecule has 2 amide bonds. The summed E-state index contributed by atoms with van der Waals surface area (Å²) in [5, 5.41) is 2.94. The summed E-state index contributed by atoms with van der Waals surface area (Å²) in [5.74, 6) is 0.158. The molecule has 0 saturated carbocycles. The third-order valence-corrected chi connectivity index (χ3v) is 6.44. The molecular formula is C22H32N6O3. The molecule has 0 spiro atoms. The molecule has 0 radical (unpaired) electrons. The van der Waals surface area contributed by atoms with Crippen molar-refractivity contribution < 1.29 is 9.59 Å². The average Bonchev–Trinajstić information content (AvgIpc) is 2.95. The predicted octanol–water partition coefficient (Wildman–Crippen LogP) is 1.20. The van der Waals surface area contributed by atoms with Crippen LogP contribution >= 0.6 is 0 Å². The summed E-state index contributed by atoms with van der Waals surface area (Å²) in [4.78, 5) is 48.5. The SMILES string of the molecule is C[C@@H](C(=O)Nc1ccc2[nH]c(=O)[nH]c2c1)N1CCN(CC(=O)N2CCCCCC2)CC1. The van der Waals surface area contributed by atoms with E-state index in [1.807, 2.05) is 11.8 Å². The number of piperazine rings is 1. The quantitative estimate of drug-likeness (QED) is 0.664. The molecule has 168 valence electrons. The normalized spacial score (nSPS) is 19.8. The van der Waals surface area contributed by atoms with Crippen molar-refractivity contribution in [3.63, 3.8) is 0 Å². The van der Waals surface area contributed by atoms with E-state index in [-0.39, 0.29) is 23.5 Å². The van der Waals surface area contributed by atoms with Crippen LogP contribution in [-0.2, 0) is 9.59 Å². The van der Waals surface area contributed by atoms with Crippen molar-refractivity contribution in [2.24, 2.45) is 0 Å². The largest absolute Gasteiger partial charge is 0.342 e. The van der Waals surface area contributed by atoms with E-state index in [2.05, 4.69) is 25.1 Å². The molecule has 0 bridgehead atoms. The van der Waals surface area contributed by atoms with Crippen LogP contribution in [0, 0.1) is 0 Å². The second-order valence-electron chi connectivity index (χ2n) is 8.61. The number of carbonyl (C=O) groups is 2. The van der Waals surface area contributed by atoms with Gasteiger partial charge in [0.25, 0.3) is 0 Å². The Morgan fingerprint density at radius 3 is 2.35 bits per heavy atom. The fourth-order valence-corrected chi connectivity index (χ4v) is 4.44. The molecule has 1 aromatic heterocycles. The molecule has 1 aromatic carbocycles. The Labute approximate surface area is 181 Å². The van der Waals surface area contributed by atoms with Gasteiger partial charge < -0.3 is 20.2 Å². The number of anilines is 1. The maximum atomic E-state index is 12.7. The molecule has 4 rings (SSSR count). The zero-order chi connectivity index (χ0) is 21.8. The van der Waals surface area contributed by atoms with E-state index in [0.29, 0.717) is 23.3 Å². The van der Waals surface area contributed by atoms with E-state index in [4.69, 9.17) is 0 Å². The molecule has 0 unspecified atom stereocenters. The number of rotatable bonds is 5. The molecule has 9 nitrogen and oxygen atoms in total. The number of nitrogens with one attached hydrogen (secondary N) is 3. The summed E-state index contributed by atoms with van der Waals surface area (Å²) in [5.41, 5.74) is 1.76. The first-order chi connectivity index (χ1) is 15.0. The number of amides is 2. The summed E-state index contributed by atoms with van der Waals surface area (Å²) in [7, 11) is 0. The monoisotopic (exact) mass is 428 g/mol. The molecule has 2 fully saturated rings. The van der Waals surface area contributed by atoms with Crippen molar-refractivity contribution in [2.45, 2.75) is 38.6 Å². The van der Waals surface area contributed by atoms with Gasteiger partial charge in [-0.3, -0.25) is 19.4 Å². The molecular weight excluding hydrogens is 396 g/mol. The Hall–Kier alpha value is -2.65. The third kappa shape index (κ3) is 5.34. The zero-order valence-corrected chi connectivity index (χ0v) is 18.2. The van der Waals surface area contributed by atoms with Crippen molar-refractivity contribution in [2.75, 3.05) is 51.1 Å². The van der Waals surface area contributed by atoms with Crippen LogP contribution < -0.4 is 11.0 Å². The van der Waals surface area contributed by atoms with Crippen LogP contribution in [0.15, 0.2) is 23.0 Å². The Kier molecular flexibility index (Phi) is 6.72. The second-order valence-corrected chi connectivity index (χ2v) is 8.61. The highest BCUT2D eigenvalue weighted by Gasteiger charge is 2.27. The first kappa shape index (κ1) is 21.6. The van der Waals surface area contributed by atoms with Gasteiger partial charge in [0.1, 0.15) is 0 Å². The standard InChI is InChI=1S/C22H32N6O3/c1-16(21(30)23-17-6-7-18-19(14-17)25-22(31)24-18)27-12-10-26(11-13-27)15-20(29)28-8-4-2-3-5-9-28/h6-7,14,16H,2-5,8-13,15H2,1H3,(H,23,30)(H2,24,25,31)/t16-/m0/s1. The predicted molar refractivity (Wildman–Crippen MR) is 120 cm³/mol. The summed E-state index contributed by atoms with van der Waals surface area (Å²) in [6.07, 6.45) is 4.66. The Morgan fingerprint density at radius 1 is 0.968 bits per heavy atom. The highest BCUT2D eigenvalue weighted by Crippen LogP contribution is 2.16. The summed E-state index contributed by atoms with van der Waals surface area (Å²) < 4.78 is 0. The number of fused-ring (bicyclic) bond motifs is 1. The maximum Gasteiger partial charge on any atom is 0.323 e. The van der Waals surface area contributed by atoms with E-state index >= 15 is 0 Å². The van der Waals surface area contributed by atoms with Gasteiger partial charge >= 0.3 is 5.69 Å². The first-order valence-corrected chi connectivity index (χ1v) is 11.3. The summed E-state index contributed by atoms with van der Waals surface area (Å²) >= 11 is 0. The fourth-order valence-electron chi connectivity index (χ4n) is 4.44. The van der Waals surface area contributed by atoms with Crippen molar-refractivity contribution >= 4 is 28.5 Å². The molecule has 31 heavy (non-hydrogen) atoms. The minimum atomic E-state index is -0.274. The van der Waals surface area contributed by atoms with Crippen LogP contribution in [0.5, 0.6) is 0 Å². The number of nitrogens with zero attached hydrogens (tertiary/aromatic N) is 3. The van der Waals surface area contributed by atoms with E-state index in [9.17, 15) is 14.4 Å². The van der Waals surface area contributed by atoms with Gasteiger partial charge in [0, 0.05) is 45.0 Å². The van der Waals surface area contributed by atoms with E-state index < -0.39 is 0 Å². The number of imidazole rings is 1. The van der Waals surface area contributed by atoms with Gasteiger partial charge in [0.2, 0.25) is 11.8 Å². The number of likely N-dealkylation sites (tertiary alicyclic amines) is 1. The zero-order valence-electron chi connectivity index (χ0n) is 18.2. The number of benzene rings is 1. The maximum absolute atomic E-state index is 12.7. The van der Waals surface area contributed by atoms with Crippen LogP contribution in [0.1, 0.15) is 32.6 Å². The van der Waals surface area contributed by atoms with Gasteiger partial charge in [-0.25, -0.2) is 4.79 Å². The highest BCUT2D eigenvalue weighted by molar-refractivity contribution is 5.96. The van der Waals surface area contributed by atoms with Crippen LogP contribution in [0.3, 0.4) is 0 Å². The molecule has 2 aliphatic rings. The Balaban J connectivity index is 1.26. The second kappa shape index (κ2) is 9.65. The number of aromatic nitrogens is 2. The number of H-pyrrole nitrogens is 2. The molecule has 1 atom stereocenters. The first-order valence-electron chi connectivity index (χ1n) is 11.3. The molecule has 3 heterocycles. The smallest absolute Gasteiger partial charge is 0.323 e. The van der Waals surface area contributed by atoms with E-state index in [0.717, 1.165) is 52.1 Å². The van der Waals surface area contributed by atoms with E-state index in [1.54, 1.807) is 18.2 Å².